The van der Waals surface area contributed by atoms with Crippen molar-refractivity contribution < 1.29 is 4.79 Å². The molecule has 2 aromatic rings. The van der Waals surface area contributed by atoms with Crippen molar-refractivity contribution in [3.05, 3.63) is 41.5 Å². The summed E-state index contributed by atoms with van der Waals surface area (Å²) in [5.74, 6) is 1.26. The molecule has 0 N–H and O–H groups in total. The van der Waals surface area contributed by atoms with Crippen molar-refractivity contribution in [2.24, 2.45) is 9.98 Å². The minimum atomic E-state index is -0.684. The van der Waals surface area contributed by atoms with Crippen LogP contribution < -0.4 is 0 Å². The lowest BCUT2D eigenvalue weighted by molar-refractivity contribution is 0.556. The van der Waals surface area contributed by atoms with E-state index in [2.05, 4.69) is 20.2 Å². The molecule has 6 heteroatoms. The molecule has 0 radical (unpaired) electrons. The van der Waals surface area contributed by atoms with Crippen LogP contribution in [0.3, 0.4) is 0 Å². The van der Waals surface area contributed by atoms with Crippen molar-refractivity contribution >= 4 is 12.3 Å². The Morgan fingerprint density at radius 2 is 2.17 bits per heavy atom. The topological polar surface area (TPSA) is 72.5 Å². The number of fused-ring (bicyclic) bond motifs is 3. The molecule has 0 bridgehead atoms. The number of aliphatic imine (C=N–C) groups is 2. The molecule has 0 aliphatic carbocycles. The van der Waals surface area contributed by atoms with Gasteiger partial charge in [-0.1, -0.05) is 18.2 Å². The van der Waals surface area contributed by atoms with Crippen molar-refractivity contribution in [2.45, 2.75) is 13.1 Å². The Kier molecular flexibility index (Phi) is 2.35. The highest BCUT2D eigenvalue weighted by Gasteiger charge is 2.23. The van der Waals surface area contributed by atoms with Crippen molar-refractivity contribution in [1.82, 2.24) is 14.8 Å². The van der Waals surface area contributed by atoms with E-state index in [0.717, 1.165) is 17.1 Å². The largest absolute Gasteiger partial charge is 0.279 e. The van der Waals surface area contributed by atoms with Crippen LogP contribution in [-0.2, 0) is 4.79 Å². The third-order valence-corrected chi connectivity index (χ3v) is 2.79. The number of rotatable bonds is 1. The van der Waals surface area contributed by atoms with Crippen LogP contribution in [0, 0.1) is 6.92 Å². The van der Waals surface area contributed by atoms with Crippen LogP contribution in [0.15, 0.2) is 34.3 Å². The fourth-order valence-corrected chi connectivity index (χ4v) is 2.00. The molecule has 1 aromatic heterocycles. The summed E-state index contributed by atoms with van der Waals surface area (Å²) in [7, 11) is 0. The van der Waals surface area contributed by atoms with E-state index < -0.39 is 6.17 Å². The average Bonchev–Trinajstić information content (AvgIpc) is 2.68. The van der Waals surface area contributed by atoms with E-state index in [-0.39, 0.29) is 0 Å². The molecule has 0 amide bonds. The minimum Gasteiger partial charge on any atom is -0.279 e. The Morgan fingerprint density at radius 3 is 3.00 bits per heavy atom. The van der Waals surface area contributed by atoms with E-state index >= 15 is 0 Å². The third kappa shape index (κ3) is 1.48. The fourth-order valence-electron chi connectivity index (χ4n) is 2.00. The van der Waals surface area contributed by atoms with Gasteiger partial charge in [0.25, 0.3) is 0 Å². The first-order chi connectivity index (χ1) is 8.81. The Morgan fingerprint density at radius 1 is 1.33 bits per heavy atom. The lowest BCUT2D eigenvalue weighted by Crippen LogP contribution is -2.05. The van der Waals surface area contributed by atoms with Gasteiger partial charge >= 0.3 is 0 Å². The third-order valence-electron chi connectivity index (χ3n) is 2.79. The van der Waals surface area contributed by atoms with Gasteiger partial charge in [-0.05, 0) is 13.0 Å². The zero-order valence-electron chi connectivity index (χ0n) is 9.61. The molecule has 0 saturated carbocycles. The number of nitrogens with zero attached hydrogens (tertiary/aromatic N) is 5. The number of carbonyl (C=O) groups excluding carboxylic acids is 1. The second kappa shape index (κ2) is 4.01. The summed E-state index contributed by atoms with van der Waals surface area (Å²) in [6.45, 7) is 1.85. The predicted molar refractivity (Wildman–Crippen MR) is 64.6 cm³/mol. The molecule has 0 spiro atoms. The molecule has 6 nitrogen and oxygen atoms in total. The molecule has 1 aliphatic rings. The van der Waals surface area contributed by atoms with Gasteiger partial charge in [-0.15, -0.1) is 10.2 Å². The monoisotopic (exact) mass is 239 g/mol. The Labute approximate surface area is 103 Å². The summed E-state index contributed by atoms with van der Waals surface area (Å²) >= 11 is 0. The highest BCUT2D eigenvalue weighted by atomic mass is 16.1. The number of isocyanates is 1. The normalized spacial score (nSPS) is 16.4. The quantitative estimate of drug-likeness (QED) is 0.557. The van der Waals surface area contributed by atoms with Crippen LogP contribution in [0.2, 0.25) is 0 Å². The molecule has 0 saturated heterocycles. The van der Waals surface area contributed by atoms with Gasteiger partial charge in [-0.2, -0.15) is 4.99 Å². The lowest BCUT2D eigenvalue weighted by atomic mass is 10.2. The summed E-state index contributed by atoms with van der Waals surface area (Å²) in [5.41, 5.74) is 1.87. The fraction of sp³-hybridized carbons (Fsp3) is 0.167. The number of hydrogen-bond acceptors (Lipinski definition) is 5. The highest BCUT2D eigenvalue weighted by Crippen LogP contribution is 2.26. The van der Waals surface area contributed by atoms with E-state index in [1.54, 1.807) is 6.21 Å². The van der Waals surface area contributed by atoms with Gasteiger partial charge in [-0.3, -0.25) is 9.56 Å². The van der Waals surface area contributed by atoms with Crippen molar-refractivity contribution in [3.8, 4) is 5.69 Å². The van der Waals surface area contributed by atoms with Gasteiger partial charge in [-0.25, -0.2) is 4.79 Å². The van der Waals surface area contributed by atoms with Gasteiger partial charge in [0.15, 0.2) is 5.82 Å². The van der Waals surface area contributed by atoms with Crippen LogP contribution in [0.5, 0.6) is 0 Å². The molecular formula is C12H9N5O. The van der Waals surface area contributed by atoms with Crippen molar-refractivity contribution in [3.63, 3.8) is 0 Å². The molecule has 1 aromatic carbocycles. The first-order valence-electron chi connectivity index (χ1n) is 5.43. The van der Waals surface area contributed by atoms with Crippen LogP contribution in [0.25, 0.3) is 5.69 Å². The zero-order chi connectivity index (χ0) is 12.5. The Hall–Kier alpha value is -2.59. The lowest BCUT2D eigenvalue weighted by Gasteiger charge is -2.09. The maximum absolute atomic E-state index is 10.5. The van der Waals surface area contributed by atoms with E-state index in [1.165, 1.54) is 6.08 Å². The van der Waals surface area contributed by atoms with Gasteiger partial charge in [0.05, 0.1) is 5.69 Å². The Balaban J connectivity index is 2.33. The maximum Gasteiger partial charge on any atom is 0.237 e. The number of benzene rings is 1. The van der Waals surface area contributed by atoms with Crippen LogP contribution in [-0.4, -0.2) is 27.1 Å². The smallest absolute Gasteiger partial charge is 0.237 e. The molecule has 18 heavy (non-hydrogen) atoms. The summed E-state index contributed by atoms with van der Waals surface area (Å²) in [5, 5.41) is 8.06. The standard InChI is InChI=1S/C12H9N5O/c1-8-15-16-12-11(14-7-18)13-6-9-4-2-3-5-10(9)17(8)12/h2-6,11H,1H3. The first kappa shape index (κ1) is 10.6. The molecule has 3 rings (SSSR count). The van der Waals surface area contributed by atoms with E-state index in [0.29, 0.717) is 5.82 Å². The number of para-hydroxylation sites is 1. The summed E-state index contributed by atoms with van der Waals surface area (Å²) in [6, 6.07) is 7.75. The Bertz CT molecular complexity index is 682. The molecule has 2 heterocycles. The van der Waals surface area contributed by atoms with E-state index in [1.807, 2.05) is 35.8 Å². The number of hydrogen-bond donors (Lipinski definition) is 0. The predicted octanol–water partition coefficient (Wildman–Crippen LogP) is 1.34. The summed E-state index contributed by atoms with van der Waals surface area (Å²) in [6.07, 6.45) is 2.53. The molecule has 1 unspecified atom stereocenters. The van der Waals surface area contributed by atoms with Crippen molar-refractivity contribution in [2.75, 3.05) is 0 Å². The van der Waals surface area contributed by atoms with Crippen LogP contribution >= 0.6 is 0 Å². The van der Waals surface area contributed by atoms with E-state index in [4.69, 9.17) is 0 Å². The second-order valence-corrected chi connectivity index (χ2v) is 3.87. The van der Waals surface area contributed by atoms with Crippen LogP contribution in [0.4, 0.5) is 0 Å². The highest BCUT2D eigenvalue weighted by molar-refractivity contribution is 5.85. The number of aryl methyl sites for hydroxylation is 1. The molecule has 0 fully saturated rings. The second-order valence-electron chi connectivity index (χ2n) is 3.87. The number of aromatic nitrogens is 3. The van der Waals surface area contributed by atoms with Gasteiger partial charge in [0.1, 0.15) is 5.82 Å². The molecule has 88 valence electrons. The van der Waals surface area contributed by atoms with Gasteiger partial charge in [0, 0.05) is 11.8 Å². The molecular weight excluding hydrogens is 230 g/mol. The van der Waals surface area contributed by atoms with Crippen molar-refractivity contribution in [1.29, 1.82) is 0 Å². The average molecular weight is 239 g/mol. The van der Waals surface area contributed by atoms with E-state index in [9.17, 15) is 4.79 Å². The zero-order valence-corrected chi connectivity index (χ0v) is 9.61. The molecule has 1 aliphatic heterocycles. The van der Waals surface area contributed by atoms with Gasteiger partial charge in [0.2, 0.25) is 12.2 Å². The summed E-state index contributed by atoms with van der Waals surface area (Å²) in [4.78, 5) is 18.3. The minimum absolute atomic E-state index is 0.525. The first-order valence-corrected chi connectivity index (χ1v) is 5.43. The summed E-state index contributed by atoms with van der Waals surface area (Å²) < 4.78 is 1.86. The molecule has 1 atom stereocenters. The maximum atomic E-state index is 10.5. The van der Waals surface area contributed by atoms with Crippen LogP contribution in [0.1, 0.15) is 23.4 Å². The van der Waals surface area contributed by atoms with Gasteiger partial charge < -0.3 is 0 Å². The SMILES string of the molecule is Cc1nnc2n1-c1ccccc1C=NC2N=C=O.